The Hall–Kier alpha value is -0.830. The molecule has 3 heteroatoms. The van der Waals surface area contributed by atoms with Gasteiger partial charge in [-0.3, -0.25) is 0 Å². The van der Waals surface area contributed by atoms with Gasteiger partial charge in [-0.15, -0.1) is 0 Å². The number of rotatable bonds is 4. The number of hydrogen-bond donors (Lipinski definition) is 1. The van der Waals surface area contributed by atoms with E-state index in [0.717, 1.165) is 25.0 Å². The molecule has 15 heavy (non-hydrogen) atoms. The highest BCUT2D eigenvalue weighted by atomic mass is 15.1. The largest absolute Gasteiger partial charge is 0.335 e. The molecular weight excluding hydrogens is 186 g/mol. The summed E-state index contributed by atoms with van der Waals surface area (Å²) in [7, 11) is 0. The Bertz CT molecular complexity index is 311. The van der Waals surface area contributed by atoms with E-state index in [1.54, 1.807) is 0 Å². The van der Waals surface area contributed by atoms with Gasteiger partial charge in [0.1, 0.15) is 5.82 Å². The first-order valence-corrected chi connectivity index (χ1v) is 6.05. The second kappa shape index (κ2) is 4.79. The van der Waals surface area contributed by atoms with Gasteiger partial charge in [-0.1, -0.05) is 12.8 Å². The molecule has 1 N–H and O–H groups in total. The third-order valence-corrected chi connectivity index (χ3v) is 3.29. The van der Waals surface area contributed by atoms with E-state index in [1.165, 1.54) is 31.4 Å². The topological polar surface area (TPSA) is 29.9 Å². The minimum atomic E-state index is 0.733. The molecule has 1 fully saturated rings. The lowest BCUT2D eigenvalue weighted by Gasteiger charge is -2.09. The highest BCUT2D eigenvalue weighted by Gasteiger charge is 2.14. The first kappa shape index (κ1) is 10.7. The Balaban J connectivity index is 1.87. The predicted octanol–water partition coefficient (Wildman–Crippen LogP) is 2.24. The molecule has 2 rings (SSSR count). The summed E-state index contributed by atoms with van der Waals surface area (Å²) in [6, 6.07) is 0.733. The molecule has 0 unspecified atom stereocenters. The van der Waals surface area contributed by atoms with E-state index < -0.39 is 0 Å². The zero-order chi connectivity index (χ0) is 10.7. The first-order chi connectivity index (χ1) is 7.29. The highest BCUT2D eigenvalue weighted by Crippen LogP contribution is 2.18. The van der Waals surface area contributed by atoms with Gasteiger partial charge in [-0.05, 0) is 26.7 Å². The Morgan fingerprint density at radius 1 is 1.47 bits per heavy atom. The smallest absolute Gasteiger partial charge is 0.105 e. The van der Waals surface area contributed by atoms with Crippen molar-refractivity contribution in [2.24, 2.45) is 0 Å². The van der Waals surface area contributed by atoms with E-state index in [1.807, 2.05) is 0 Å². The zero-order valence-electron chi connectivity index (χ0n) is 9.79. The van der Waals surface area contributed by atoms with Crippen LogP contribution in [0.25, 0.3) is 0 Å². The lowest BCUT2D eigenvalue weighted by atomic mass is 10.2. The quantitative estimate of drug-likeness (QED) is 0.820. The minimum absolute atomic E-state index is 0.733. The van der Waals surface area contributed by atoms with Crippen molar-refractivity contribution < 1.29 is 0 Å². The molecule has 1 aliphatic rings. The average Bonchev–Trinajstić information content (AvgIpc) is 2.83. The molecular formula is C12H21N3. The molecule has 0 bridgehead atoms. The summed E-state index contributed by atoms with van der Waals surface area (Å²) in [4.78, 5) is 4.54. The Morgan fingerprint density at radius 2 is 2.20 bits per heavy atom. The van der Waals surface area contributed by atoms with Crippen LogP contribution < -0.4 is 5.32 Å². The number of imidazole rings is 1. The van der Waals surface area contributed by atoms with Gasteiger partial charge in [0.15, 0.2) is 0 Å². The van der Waals surface area contributed by atoms with E-state index >= 15 is 0 Å². The standard InChI is InChI=1S/C12H21N3/c1-3-15-9-12(14-10(15)2)8-13-11-6-4-5-7-11/h9,11,13H,3-8H2,1-2H3. The lowest BCUT2D eigenvalue weighted by Crippen LogP contribution is -2.25. The molecule has 84 valence electrons. The molecule has 3 nitrogen and oxygen atoms in total. The minimum Gasteiger partial charge on any atom is -0.335 e. The van der Waals surface area contributed by atoms with Crippen LogP contribution in [0, 0.1) is 6.92 Å². The monoisotopic (exact) mass is 207 g/mol. The summed E-state index contributed by atoms with van der Waals surface area (Å²) in [5.41, 5.74) is 1.18. The number of hydrogen-bond acceptors (Lipinski definition) is 2. The zero-order valence-corrected chi connectivity index (χ0v) is 9.79. The van der Waals surface area contributed by atoms with Crippen molar-refractivity contribution in [2.75, 3.05) is 0 Å². The molecule has 0 saturated heterocycles. The van der Waals surface area contributed by atoms with Gasteiger partial charge in [0.2, 0.25) is 0 Å². The molecule has 0 amide bonds. The second-order valence-corrected chi connectivity index (χ2v) is 4.43. The van der Waals surface area contributed by atoms with Crippen LogP contribution in [0.2, 0.25) is 0 Å². The summed E-state index contributed by atoms with van der Waals surface area (Å²) in [6.07, 6.45) is 7.62. The van der Waals surface area contributed by atoms with Gasteiger partial charge in [0, 0.05) is 25.3 Å². The Kier molecular flexibility index (Phi) is 3.41. The van der Waals surface area contributed by atoms with Crippen molar-refractivity contribution in [1.29, 1.82) is 0 Å². The van der Waals surface area contributed by atoms with E-state index in [-0.39, 0.29) is 0 Å². The molecule has 0 aromatic carbocycles. The van der Waals surface area contributed by atoms with Gasteiger partial charge in [-0.25, -0.2) is 4.98 Å². The van der Waals surface area contributed by atoms with E-state index in [0.29, 0.717) is 0 Å². The Morgan fingerprint density at radius 3 is 2.80 bits per heavy atom. The van der Waals surface area contributed by atoms with Crippen LogP contribution in [0.4, 0.5) is 0 Å². The van der Waals surface area contributed by atoms with Crippen molar-refractivity contribution >= 4 is 0 Å². The maximum Gasteiger partial charge on any atom is 0.105 e. The van der Waals surface area contributed by atoms with Gasteiger partial charge >= 0.3 is 0 Å². The number of nitrogens with one attached hydrogen (secondary N) is 1. The first-order valence-electron chi connectivity index (χ1n) is 6.05. The normalized spacial score (nSPS) is 17.5. The predicted molar refractivity (Wildman–Crippen MR) is 61.7 cm³/mol. The summed E-state index contributed by atoms with van der Waals surface area (Å²) < 4.78 is 2.20. The van der Waals surface area contributed by atoms with Crippen LogP contribution in [-0.2, 0) is 13.1 Å². The Labute approximate surface area is 91.9 Å². The third-order valence-electron chi connectivity index (χ3n) is 3.29. The second-order valence-electron chi connectivity index (χ2n) is 4.43. The van der Waals surface area contributed by atoms with Crippen LogP contribution in [0.15, 0.2) is 6.20 Å². The van der Waals surface area contributed by atoms with Gasteiger partial charge < -0.3 is 9.88 Å². The molecule has 1 aromatic rings. The molecule has 1 aliphatic carbocycles. The maximum atomic E-state index is 4.54. The number of aromatic nitrogens is 2. The van der Waals surface area contributed by atoms with Gasteiger partial charge in [-0.2, -0.15) is 0 Å². The van der Waals surface area contributed by atoms with E-state index in [9.17, 15) is 0 Å². The van der Waals surface area contributed by atoms with E-state index in [4.69, 9.17) is 0 Å². The summed E-state index contributed by atoms with van der Waals surface area (Å²) >= 11 is 0. The van der Waals surface area contributed by atoms with Crippen molar-refractivity contribution in [3.8, 4) is 0 Å². The van der Waals surface area contributed by atoms with Crippen molar-refractivity contribution in [3.05, 3.63) is 17.7 Å². The fourth-order valence-corrected chi connectivity index (χ4v) is 2.36. The number of aryl methyl sites for hydroxylation is 2. The van der Waals surface area contributed by atoms with Crippen LogP contribution in [0.5, 0.6) is 0 Å². The van der Waals surface area contributed by atoms with Crippen LogP contribution in [0.1, 0.15) is 44.1 Å². The highest BCUT2D eigenvalue weighted by molar-refractivity contribution is 5.03. The van der Waals surface area contributed by atoms with Crippen molar-refractivity contribution in [2.45, 2.75) is 58.7 Å². The molecule has 0 aliphatic heterocycles. The molecule has 0 radical (unpaired) electrons. The maximum absolute atomic E-state index is 4.54. The lowest BCUT2D eigenvalue weighted by molar-refractivity contribution is 0.520. The molecule has 0 atom stereocenters. The molecule has 0 spiro atoms. The van der Waals surface area contributed by atoms with E-state index in [2.05, 4.69) is 34.9 Å². The summed E-state index contributed by atoms with van der Waals surface area (Å²) in [5.74, 6) is 1.13. The molecule has 1 saturated carbocycles. The van der Waals surface area contributed by atoms with Gasteiger partial charge in [0.05, 0.1) is 5.69 Å². The fraction of sp³-hybridized carbons (Fsp3) is 0.750. The van der Waals surface area contributed by atoms with Crippen molar-refractivity contribution in [3.63, 3.8) is 0 Å². The SMILES string of the molecule is CCn1cc(CNC2CCCC2)nc1C. The average molecular weight is 207 g/mol. The summed E-state index contributed by atoms with van der Waals surface area (Å²) in [5, 5.41) is 3.59. The number of nitrogens with zero attached hydrogens (tertiary/aromatic N) is 2. The summed E-state index contributed by atoms with van der Waals surface area (Å²) in [6.45, 7) is 6.17. The van der Waals surface area contributed by atoms with Crippen LogP contribution >= 0.6 is 0 Å². The van der Waals surface area contributed by atoms with Gasteiger partial charge in [0.25, 0.3) is 0 Å². The molecule has 1 heterocycles. The van der Waals surface area contributed by atoms with Crippen molar-refractivity contribution in [1.82, 2.24) is 14.9 Å². The van der Waals surface area contributed by atoms with Crippen LogP contribution in [0.3, 0.4) is 0 Å². The fourth-order valence-electron chi connectivity index (χ4n) is 2.36. The van der Waals surface area contributed by atoms with Crippen LogP contribution in [-0.4, -0.2) is 15.6 Å². The molecule has 1 aromatic heterocycles. The third kappa shape index (κ3) is 2.59.